The summed E-state index contributed by atoms with van der Waals surface area (Å²) in [6.45, 7) is 1.52. The zero-order valence-electron chi connectivity index (χ0n) is 11.7. The van der Waals surface area contributed by atoms with Crippen molar-refractivity contribution in [2.45, 2.75) is 6.92 Å². The monoisotopic (exact) mass is 285 g/mol. The van der Waals surface area contributed by atoms with Crippen LogP contribution >= 0.6 is 0 Å². The van der Waals surface area contributed by atoms with Gasteiger partial charge < -0.3 is 10.1 Å². The Morgan fingerprint density at radius 3 is 2.57 bits per heavy atom. The van der Waals surface area contributed by atoms with E-state index in [0.29, 0.717) is 11.4 Å². The van der Waals surface area contributed by atoms with Crippen molar-refractivity contribution in [3.05, 3.63) is 48.2 Å². The lowest BCUT2D eigenvalue weighted by Crippen LogP contribution is -2.11. The summed E-state index contributed by atoms with van der Waals surface area (Å²) >= 11 is 0. The lowest BCUT2D eigenvalue weighted by Gasteiger charge is -2.08. The fourth-order valence-electron chi connectivity index (χ4n) is 1.68. The molecule has 0 atom stereocenters. The number of hydrogen-bond donors (Lipinski definition) is 2. The van der Waals surface area contributed by atoms with Crippen LogP contribution in [0.3, 0.4) is 0 Å². The van der Waals surface area contributed by atoms with Crippen LogP contribution in [0, 0.1) is 0 Å². The Hall–Kier alpha value is -2.89. The highest BCUT2D eigenvalue weighted by atomic mass is 16.5. The largest absolute Gasteiger partial charge is 0.453 e. The molecule has 1 heterocycles. The molecule has 0 unspecified atom stereocenters. The molecule has 0 fully saturated rings. The summed E-state index contributed by atoms with van der Waals surface area (Å²) in [5, 5.41) is 5.60. The lowest BCUT2D eigenvalue weighted by molar-refractivity contribution is 0.101. The lowest BCUT2D eigenvalue weighted by atomic mass is 10.1. The number of carbonyl (C=O) groups is 2. The van der Waals surface area contributed by atoms with Crippen molar-refractivity contribution in [3.63, 3.8) is 0 Å². The number of anilines is 3. The standard InChI is InChI=1S/C15H15N3O3/c1-10(19)11-4-3-5-12(8-11)17-13-6-7-14(16-9-13)18-15(20)21-2/h3-9,17H,1-2H3,(H,16,18,20). The minimum Gasteiger partial charge on any atom is -0.453 e. The van der Waals surface area contributed by atoms with Crippen LogP contribution in [0.15, 0.2) is 42.6 Å². The molecule has 1 aromatic carbocycles. The van der Waals surface area contributed by atoms with Gasteiger partial charge in [-0.25, -0.2) is 9.78 Å². The van der Waals surface area contributed by atoms with E-state index in [1.807, 2.05) is 6.07 Å². The van der Waals surface area contributed by atoms with Crippen LogP contribution in [-0.2, 0) is 4.74 Å². The van der Waals surface area contributed by atoms with Crippen molar-refractivity contribution in [3.8, 4) is 0 Å². The molecule has 0 saturated carbocycles. The summed E-state index contributed by atoms with van der Waals surface area (Å²) in [6, 6.07) is 10.6. The van der Waals surface area contributed by atoms with Gasteiger partial charge in [0.05, 0.1) is 19.0 Å². The molecule has 0 bridgehead atoms. The number of benzene rings is 1. The second-order valence-electron chi connectivity index (χ2n) is 4.31. The number of nitrogens with one attached hydrogen (secondary N) is 2. The molecule has 6 heteroatoms. The highest BCUT2D eigenvalue weighted by Crippen LogP contribution is 2.18. The maximum atomic E-state index is 11.3. The summed E-state index contributed by atoms with van der Waals surface area (Å²) in [5.41, 5.74) is 2.17. The Labute approximate surface area is 122 Å². The normalized spacial score (nSPS) is 9.81. The first kappa shape index (κ1) is 14.5. The molecule has 2 N–H and O–H groups in total. The number of pyridine rings is 1. The third-order valence-corrected chi connectivity index (χ3v) is 2.74. The van der Waals surface area contributed by atoms with Crippen molar-refractivity contribution >= 4 is 29.1 Å². The molecule has 0 spiro atoms. The molecular weight excluding hydrogens is 270 g/mol. The van der Waals surface area contributed by atoms with E-state index in [0.717, 1.165) is 11.4 Å². The summed E-state index contributed by atoms with van der Waals surface area (Å²) in [6.07, 6.45) is 1.00. The molecule has 1 amide bonds. The number of hydrogen-bond acceptors (Lipinski definition) is 5. The number of Topliss-reactive ketones (excluding diaryl/α,β-unsaturated/α-hetero) is 1. The van der Waals surface area contributed by atoms with Crippen LogP contribution in [0.4, 0.5) is 22.0 Å². The van der Waals surface area contributed by atoms with E-state index >= 15 is 0 Å². The van der Waals surface area contributed by atoms with E-state index in [1.54, 1.807) is 36.5 Å². The highest BCUT2D eigenvalue weighted by molar-refractivity contribution is 5.95. The number of rotatable bonds is 4. The summed E-state index contributed by atoms with van der Waals surface area (Å²) < 4.78 is 4.48. The average Bonchev–Trinajstić information content (AvgIpc) is 2.49. The van der Waals surface area contributed by atoms with Crippen molar-refractivity contribution < 1.29 is 14.3 Å². The van der Waals surface area contributed by atoms with Gasteiger partial charge in [-0.05, 0) is 31.2 Å². The van der Waals surface area contributed by atoms with E-state index < -0.39 is 6.09 Å². The first-order chi connectivity index (χ1) is 10.1. The van der Waals surface area contributed by atoms with Crippen LogP contribution in [0.2, 0.25) is 0 Å². The fourth-order valence-corrected chi connectivity index (χ4v) is 1.68. The van der Waals surface area contributed by atoms with Crippen molar-refractivity contribution in [1.29, 1.82) is 0 Å². The van der Waals surface area contributed by atoms with E-state index in [2.05, 4.69) is 20.4 Å². The second-order valence-corrected chi connectivity index (χ2v) is 4.31. The molecule has 0 aliphatic rings. The second kappa shape index (κ2) is 6.51. The van der Waals surface area contributed by atoms with Gasteiger partial charge in [0.2, 0.25) is 0 Å². The van der Waals surface area contributed by atoms with Crippen LogP contribution in [0.25, 0.3) is 0 Å². The van der Waals surface area contributed by atoms with Crippen LogP contribution < -0.4 is 10.6 Å². The summed E-state index contributed by atoms with van der Waals surface area (Å²) in [4.78, 5) is 26.5. The van der Waals surface area contributed by atoms with Crippen molar-refractivity contribution in [1.82, 2.24) is 4.98 Å². The molecule has 0 aliphatic carbocycles. The molecule has 21 heavy (non-hydrogen) atoms. The smallest absolute Gasteiger partial charge is 0.412 e. The van der Waals surface area contributed by atoms with Gasteiger partial charge in [0.25, 0.3) is 0 Å². The van der Waals surface area contributed by atoms with Crippen LogP contribution in [0.1, 0.15) is 17.3 Å². The molecule has 0 saturated heterocycles. The first-order valence-electron chi connectivity index (χ1n) is 6.27. The van der Waals surface area contributed by atoms with Gasteiger partial charge in [0, 0.05) is 11.3 Å². The maximum Gasteiger partial charge on any atom is 0.412 e. The number of ketones is 1. The van der Waals surface area contributed by atoms with E-state index in [1.165, 1.54) is 14.0 Å². The number of ether oxygens (including phenoxy) is 1. The third kappa shape index (κ3) is 4.04. The van der Waals surface area contributed by atoms with E-state index in [4.69, 9.17) is 0 Å². The topological polar surface area (TPSA) is 80.3 Å². The van der Waals surface area contributed by atoms with Crippen LogP contribution in [0.5, 0.6) is 0 Å². The number of carbonyl (C=O) groups excluding carboxylic acids is 2. The Bertz CT molecular complexity index is 653. The Morgan fingerprint density at radius 1 is 1.14 bits per heavy atom. The Balaban J connectivity index is 2.08. The predicted octanol–water partition coefficient (Wildman–Crippen LogP) is 3.21. The first-order valence-corrected chi connectivity index (χ1v) is 6.27. The van der Waals surface area contributed by atoms with E-state index in [9.17, 15) is 9.59 Å². The number of methoxy groups -OCH3 is 1. The van der Waals surface area contributed by atoms with Crippen molar-refractivity contribution in [2.24, 2.45) is 0 Å². The number of nitrogens with zero attached hydrogens (tertiary/aromatic N) is 1. The minimum absolute atomic E-state index is 0.00870. The van der Waals surface area contributed by atoms with Gasteiger partial charge in [-0.15, -0.1) is 0 Å². The van der Waals surface area contributed by atoms with Crippen LogP contribution in [-0.4, -0.2) is 24.0 Å². The SMILES string of the molecule is COC(=O)Nc1ccc(Nc2cccc(C(C)=O)c2)cn1. The fraction of sp³-hybridized carbons (Fsp3) is 0.133. The summed E-state index contributed by atoms with van der Waals surface area (Å²) in [5.74, 6) is 0.402. The molecule has 2 aromatic rings. The highest BCUT2D eigenvalue weighted by Gasteiger charge is 2.03. The van der Waals surface area contributed by atoms with Gasteiger partial charge >= 0.3 is 6.09 Å². The molecular formula is C15H15N3O3. The van der Waals surface area contributed by atoms with Crippen molar-refractivity contribution in [2.75, 3.05) is 17.7 Å². The zero-order valence-corrected chi connectivity index (χ0v) is 11.7. The third-order valence-electron chi connectivity index (χ3n) is 2.74. The molecule has 2 rings (SSSR count). The van der Waals surface area contributed by atoms with Gasteiger partial charge in [-0.3, -0.25) is 10.1 Å². The summed E-state index contributed by atoms with van der Waals surface area (Å²) in [7, 11) is 1.28. The Kier molecular flexibility index (Phi) is 4.50. The number of amides is 1. The molecule has 1 aromatic heterocycles. The zero-order chi connectivity index (χ0) is 15.2. The predicted molar refractivity (Wildman–Crippen MR) is 80.0 cm³/mol. The maximum absolute atomic E-state index is 11.3. The Morgan fingerprint density at radius 2 is 1.95 bits per heavy atom. The minimum atomic E-state index is -0.572. The average molecular weight is 285 g/mol. The molecule has 108 valence electrons. The number of aromatic nitrogens is 1. The molecule has 0 radical (unpaired) electrons. The van der Waals surface area contributed by atoms with E-state index in [-0.39, 0.29) is 5.78 Å². The van der Waals surface area contributed by atoms with Gasteiger partial charge in [0.15, 0.2) is 5.78 Å². The molecule has 0 aliphatic heterocycles. The van der Waals surface area contributed by atoms with Gasteiger partial charge in [0.1, 0.15) is 5.82 Å². The molecule has 6 nitrogen and oxygen atoms in total. The van der Waals surface area contributed by atoms with Gasteiger partial charge in [-0.2, -0.15) is 0 Å². The van der Waals surface area contributed by atoms with Gasteiger partial charge in [-0.1, -0.05) is 12.1 Å². The quantitative estimate of drug-likeness (QED) is 0.843.